The van der Waals surface area contributed by atoms with Gasteiger partial charge in [-0.1, -0.05) is 12.1 Å². The summed E-state index contributed by atoms with van der Waals surface area (Å²) in [6.45, 7) is 0.160. The van der Waals surface area contributed by atoms with Crippen LogP contribution >= 0.6 is 11.8 Å². The molecule has 0 saturated carbocycles. The van der Waals surface area contributed by atoms with Crippen LogP contribution < -0.4 is 5.73 Å². The molecule has 15 heavy (non-hydrogen) atoms. The second kappa shape index (κ2) is 5.69. The Morgan fingerprint density at radius 3 is 2.80 bits per heavy atom. The highest BCUT2D eigenvalue weighted by Crippen LogP contribution is 2.28. The maximum absolute atomic E-state index is 10.6. The van der Waals surface area contributed by atoms with Gasteiger partial charge in [0, 0.05) is 18.4 Å². The van der Waals surface area contributed by atoms with Crippen LogP contribution in [0.1, 0.15) is 0 Å². The van der Waals surface area contributed by atoms with Gasteiger partial charge in [-0.3, -0.25) is 10.1 Å². The molecular formula is C9H12N2O3S. The zero-order valence-corrected chi connectivity index (χ0v) is 8.81. The van der Waals surface area contributed by atoms with E-state index in [1.807, 2.05) is 0 Å². The molecule has 0 aliphatic carbocycles. The zero-order valence-electron chi connectivity index (χ0n) is 8.00. The number of benzene rings is 1. The molecule has 6 heteroatoms. The van der Waals surface area contributed by atoms with Crippen molar-refractivity contribution >= 4 is 17.4 Å². The molecule has 5 nitrogen and oxygen atoms in total. The molecule has 1 aromatic carbocycles. The van der Waals surface area contributed by atoms with Gasteiger partial charge in [-0.2, -0.15) is 0 Å². The van der Waals surface area contributed by atoms with Gasteiger partial charge >= 0.3 is 0 Å². The highest BCUT2D eigenvalue weighted by atomic mass is 32.2. The van der Waals surface area contributed by atoms with E-state index >= 15 is 0 Å². The minimum atomic E-state index is -0.630. The lowest BCUT2D eigenvalue weighted by atomic mass is 10.3. The SMILES string of the molecule is NCC(O)CSc1ccccc1[N+](=O)[O-]. The van der Waals surface area contributed by atoms with Gasteiger partial charge in [-0.15, -0.1) is 11.8 Å². The summed E-state index contributed by atoms with van der Waals surface area (Å²) in [5.41, 5.74) is 5.30. The fourth-order valence-electron chi connectivity index (χ4n) is 0.984. The maximum Gasteiger partial charge on any atom is 0.282 e. The molecule has 0 saturated heterocycles. The predicted molar refractivity (Wildman–Crippen MR) is 58.9 cm³/mol. The summed E-state index contributed by atoms with van der Waals surface area (Å²) in [5.74, 6) is 0.362. The Balaban J connectivity index is 2.72. The molecule has 0 heterocycles. The summed E-state index contributed by atoms with van der Waals surface area (Å²) in [7, 11) is 0. The Kier molecular flexibility index (Phi) is 4.54. The van der Waals surface area contributed by atoms with Gasteiger partial charge in [0.1, 0.15) is 0 Å². The zero-order chi connectivity index (χ0) is 11.3. The van der Waals surface area contributed by atoms with Crippen molar-refractivity contribution in [3.05, 3.63) is 34.4 Å². The molecule has 0 amide bonds. The number of hydrogen-bond donors (Lipinski definition) is 2. The van der Waals surface area contributed by atoms with Crippen molar-refractivity contribution < 1.29 is 10.0 Å². The fraction of sp³-hybridized carbons (Fsp3) is 0.333. The fourth-order valence-corrected chi connectivity index (χ4v) is 1.96. The normalized spacial score (nSPS) is 12.4. The van der Waals surface area contributed by atoms with Gasteiger partial charge in [-0.25, -0.2) is 0 Å². The van der Waals surface area contributed by atoms with E-state index in [1.165, 1.54) is 17.8 Å². The number of nitro groups is 1. The molecule has 0 spiro atoms. The summed E-state index contributed by atoms with van der Waals surface area (Å²) >= 11 is 1.24. The minimum Gasteiger partial charge on any atom is -0.391 e. The first-order chi connectivity index (χ1) is 7.15. The van der Waals surface area contributed by atoms with Crippen LogP contribution in [-0.2, 0) is 0 Å². The first-order valence-corrected chi connectivity index (χ1v) is 5.38. The van der Waals surface area contributed by atoms with E-state index in [2.05, 4.69) is 0 Å². The summed E-state index contributed by atoms with van der Waals surface area (Å²) in [5, 5.41) is 19.9. The Morgan fingerprint density at radius 2 is 2.20 bits per heavy atom. The van der Waals surface area contributed by atoms with Crippen molar-refractivity contribution in [1.82, 2.24) is 0 Å². The Labute approximate surface area is 91.4 Å². The molecule has 1 aromatic rings. The van der Waals surface area contributed by atoms with E-state index in [-0.39, 0.29) is 12.2 Å². The molecule has 3 N–H and O–H groups in total. The van der Waals surface area contributed by atoms with Crippen LogP contribution in [0.15, 0.2) is 29.2 Å². The Hall–Kier alpha value is -1.11. The van der Waals surface area contributed by atoms with Crippen LogP contribution in [0.2, 0.25) is 0 Å². The molecule has 1 rings (SSSR count). The van der Waals surface area contributed by atoms with Crippen molar-refractivity contribution in [3.8, 4) is 0 Å². The molecule has 0 aliphatic rings. The average molecular weight is 228 g/mol. The van der Waals surface area contributed by atoms with E-state index in [9.17, 15) is 15.2 Å². The molecule has 0 fully saturated rings. The lowest BCUT2D eigenvalue weighted by molar-refractivity contribution is -0.387. The molecule has 1 unspecified atom stereocenters. The Morgan fingerprint density at radius 1 is 1.53 bits per heavy atom. The van der Waals surface area contributed by atoms with Crippen LogP contribution in [0.4, 0.5) is 5.69 Å². The molecule has 0 radical (unpaired) electrons. The minimum absolute atomic E-state index is 0.0618. The smallest absolute Gasteiger partial charge is 0.282 e. The van der Waals surface area contributed by atoms with Crippen LogP contribution in [0.5, 0.6) is 0 Å². The van der Waals surface area contributed by atoms with E-state index in [1.54, 1.807) is 18.2 Å². The number of aliphatic hydroxyl groups excluding tert-OH is 1. The van der Waals surface area contributed by atoms with Crippen molar-refractivity contribution in [2.24, 2.45) is 5.73 Å². The van der Waals surface area contributed by atoms with Gasteiger partial charge in [0.05, 0.1) is 15.9 Å². The third-order valence-corrected chi connectivity index (χ3v) is 2.97. The molecule has 1 atom stereocenters. The topological polar surface area (TPSA) is 89.4 Å². The third kappa shape index (κ3) is 3.50. The number of thioether (sulfide) groups is 1. The summed E-state index contributed by atoms with van der Waals surface area (Å²) in [4.78, 5) is 10.8. The number of nitrogens with two attached hydrogens (primary N) is 1. The first kappa shape index (κ1) is 12.0. The number of para-hydroxylation sites is 1. The second-order valence-electron chi connectivity index (χ2n) is 2.93. The molecule has 82 valence electrons. The predicted octanol–water partition coefficient (Wildman–Crippen LogP) is 1.01. The van der Waals surface area contributed by atoms with Gasteiger partial charge in [0.25, 0.3) is 5.69 Å². The summed E-state index contributed by atoms with van der Waals surface area (Å²) in [6.07, 6.45) is -0.630. The third-order valence-electron chi connectivity index (χ3n) is 1.77. The number of rotatable bonds is 5. The molecular weight excluding hydrogens is 216 g/mol. The lowest BCUT2D eigenvalue weighted by Crippen LogP contribution is -2.21. The van der Waals surface area contributed by atoms with Crippen molar-refractivity contribution in [3.63, 3.8) is 0 Å². The van der Waals surface area contributed by atoms with E-state index < -0.39 is 11.0 Å². The molecule has 0 bridgehead atoms. The highest BCUT2D eigenvalue weighted by Gasteiger charge is 2.13. The standard InChI is InChI=1S/C9H12N2O3S/c10-5-7(12)6-15-9-4-2-1-3-8(9)11(13)14/h1-4,7,12H,5-6,10H2. The molecule has 0 aliphatic heterocycles. The largest absolute Gasteiger partial charge is 0.391 e. The maximum atomic E-state index is 10.6. The van der Waals surface area contributed by atoms with Crippen LogP contribution in [0.3, 0.4) is 0 Å². The van der Waals surface area contributed by atoms with Gasteiger partial charge in [-0.05, 0) is 6.07 Å². The average Bonchev–Trinajstić information content (AvgIpc) is 2.26. The molecule has 0 aromatic heterocycles. The number of hydrogen-bond acceptors (Lipinski definition) is 5. The monoisotopic (exact) mass is 228 g/mol. The summed E-state index contributed by atoms with van der Waals surface area (Å²) in [6, 6.07) is 6.44. The van der Waals surface area contributed by atoms with Crippen LogP contribution in [0, 0.1) is 10.1 Å². The highest BCUT2D eigenvalue weighted by molar-refractivity contribution is 7.99. The van der Waals surface area contributed by atoms with Gasteiger partial charge in [0.15, 0.2) is 0 Å². The van der Waals surface area contributed by atoms with Gasteiger partial charge < -0.3 is 10.8 Å². The number of aliphatic hydroxyl groups is 1. The van der Waals surface area contributed by atoms with E-state index in [0.717, 1.165) is 0 Å². The van der Waals surface area contributed by atoms with Crippen molar-refractivity contribution in [2.75, 3.05) is 12.3 Å². The number of nitrogens with zero attached hydrogens (tertiary/aromatic N) is 1. The Bertz CT molecular complexity index is 346. The van der Waals surface area contributed by atoms with Crippen LogP contribution in [0.25, 0.3) is 0 Å². The van der Waals surface area contributed by atoms with Crippen molar-refractivity contribution in [1.29, 1.82) is 0 Å². The van der Waals surface area contributed by atoms with E-state index in [0.29, 0.717) is 10.6 Å². The first-order valence-electron chi connectivity index (χ1n) is 4.39. The van der Waals surface area contributed by atoms with Gasteiger partial charge in [0.2, 0.25) is 0 Å². The summed E-state index contributed by atoms with van der Waals surface area (Å²) < 4.78 is 0. The lowest BCUT2D eigenvalue weighted by Gasteiger charge is -2.06. The number of nitro benzene ring substituents is 1. The second-order valence-corrected chi connectivity index (χ2v) is 3.99. The van der Waals surface area contributed by atoms with E-state index in [4.69, 9.17) is 5.73 Å². The quantitative estimate of drug-likeness (QED) is 0.446. The van der Waals surface area contributed by atoms with Crippen molar-refractivity contribution in [2.45, 2.75) is 11.0 Å². The van der Waals surface area contributed by atoms with Crippen LogP contribution in [-0.4, -0.2) is 28.4 Å².